The van der Waals surface area contributed by atoms with Gasteiger partial charge in [-0.3, -0.25) is 14.4 Å². The molecule has 2 heterocycles. The molecule has 0 aliphatic heterocycles. The quantitative estimate of drug-likeness (QED) is 0.534. The topological polar surface area (TPSA) is 113 Å². The van der Waals surface area contributed by atoms with Crippen molar-refractivity contribution in [3.05, 3.63) is 79.9 Å². The molecule has 178 valence electrons. The number of aliphatic hydroxyl groups is 1. The summed E-state index contributed by atoms with van der Waals surface area (Å²) in [7, 11) is 0. The number of nitrogens with one attached hydrogen (secondary N) is 1. The number of aromatic hydroxyl groups is 1. The second-order valence-electron chi connectivity index (χ2n) is 8.86. The average Bonchev–Trinajstić information content (AvgIpc) is 2.75. The predicted octanol–water partition coefficient (Wildman–Crippen LogP) is 1.99. The zero-order valence-electron chi connectivity index (χ0n) is 17.7. The highest BCUT2D eigenvalue weighted by Gasteiger charge is 2.58. The molecule has 2 aromatic heterocycles. The number of halogens is 3. The Kier molecular flexibility index (Phi) is 5.05. The van der Waals surface area contributed by atoms with Gasteiger partial charge in [0.15, 0.2) is 11.3 Å². The van der Waals surface area contributed by atoms with E-state index in [1.54, 1.807) is 0 Å². The molecular formula is C23H20F3N3O5. The van der Waals surface area contributed by atoms with Crippen molar-refractivity contribution in [2.45, 2.75) is 44.4 Å². The van der Waals surface area contributed by atoms with Gasteiger partial charge in [-0.1, -0.05) is 0 Å². The molecule has 2 saturated carbocycles. The Morgan fingerprint density at radius 3 is 2.35 bits per heavy atom. The summed E-state index contributed by atoms with van der Waals surface area (Å²) in [5.74, 6) is -5.51. The van der Waals surface area contributed by atoms with Crippen LogP contribution in [0.5, 0.6) is 5.75 Å². The van der Waals surface area contributed by atoms with E-state index >= 15 is 0 Å². The van der Waals surface area contributed by atoms with Crippen molar-refractivity contribution in [1.82, 2.24) is 14.3 Å². The first-order valence-corrected chi connectivity index (χ1v) is 10.7. The van der Waals surface area contributed by atoms with Gasteiger partial charge in [0, 0.05) is 54.3 Å². The number of amides is 1. The minimum absolute atomic E-state index is 0.258. The van der Waals surface area contributed by atoms with Crippen molar-refractivity contribution < 1.29 is 28.2 Å². The van der Waals surface area contributed by atoms with E-state index in [-0.39, 0.29) is 17.0 Å². The number of carbonyl (C=O) groups is 1. The predicted molar refractivity (Wildman–Crippen MR) is 113 cm³/mol. The number of aliphatic hydroxyl groups excluding tert-OH is 1. The number of rotatable bonds is 4. The largest absolute Gasteiger partial charge is 0.503 e. The molecule has 5 rings (SSSR count). The number of pyridine rings is 1. The number of aromatic nitrogens is 2. The van der Waals surface area contributed by atoms with Crippen LogP contribution in [0.1, 0.15) is 47.6 Å². The Hall–Kier alpha value is -3.60. The SMILES string of the molecule is O=C(NCc1c(F)cc(F)cc1F)c1cn2ccn([C@@H]3CCC34CC[C@H]4O)c(=O)c2c(O)c1=O. The molecule has 8 nitrogen and oxygen atoms in total. The second-order valence-corrected chi connectivity index (χ2v) is 8.86. The van der Waals surface area contributed by atoms with Gasteiger partial charge in [0.25, 0.3) is 11.5 Å². The molecular weight excluding hydrogens is 455 g/mol. The van der Waals surface area contributed by atoms with Crippen molar-refractivity contribution in [2.75, 3.05) is 0 Å². The zero-order valence-corrected chi connectivity index (χ0v) is 17.7. The number of hydrogen-bond donors (Lipinski definition) is 3. The van der Waals surface area contributed by atoms with Gasteiger partial charge in [0.05, 0.1) is 6.10 Å². The van der Waals surface area contributed by atoms with Crippen molar-refractivity contribution >= 4 is 11.4 Å². The van der Waals surface area contributed by atoms with E-state index in [9.17, 15) is 37.8 Å². The fraction of sp³-hybridized carbons (Fsp3) is 0.348. The van der Waals surface area contributed by atoms with E-state index < -0.39 is 63.9 Å². The lowest BCUT2D eigenvalue weighted by molar-refractivity contribution is -0.154. The van der Waals surface area contributed by atoms with E-state index in [1.165, 1.54) is 17.0 Å². The van der Waals surface area contributed by atoms with Crippen LogP contribution < -0.4 is 16.3 Å². The summed E-state index contributed by atoms with van der Waals surface area (Å²) in [6.45, 7) is -0.673. The Bertz CT molecular complexity index is 1440. The van der Waals surface area contributed by atoms with Crippen molar-refractivity contribution in [3.63, 3.8) is 0 Å². The minimum atomic E-state index is -1.21. The fourth-order valence-corrected chi connectivity index (χ4v) is 5.08. The molecule has 2 fully saturated rings. The summed E-state index contributed by atoms with van der Waals surface area (Å²) < 4.78 is 43.2. The summed E-state index contributed by atoms with van der Waals surface area (Å²) in [5.41, 5.74) is -3.61. The number of nitrogens with zero attached hydrogens (tertiary/aromatic N) is 2. The minimum Gasteiger partial charge on any atom is -0.503 e. The van der Waals surface area contributed by atoms with E-state index in [1.807, 2.05) is 0 Å². The van der Waals surface area contributed by atoms with Crippen LogP contribution in [0.15, 0.2) is 40.3 Å². The molecule has 2 aliphatic carbocycles. The maximum atomic E-state index is 13.8. The van der Waals surface area contributed by atoms with E-state index in [0.29, 0.717) is 25.0 Å². The number of benzene rings is 1. The normalized spacial score (nSPS) is 23.5. The van der Waals surface area contributed by atoms with Gasteiger partial charge in [-0.25, -0.2) is 13.2 Å². The molecule has 1 spiro atoms. The monoisotopic (exact) mass is 475 g/mol. The second kappa shape index (κ2) is 7.73. The van der Waals surface area contributed by atoms with Gasteiger partial charge in [-0.2, -0.15) is 0 Å². The molecule has 1 amide bonds. The molecule has 34 heavy (non-hydrogen) atoms. The third kappa shape index (κ3) is 3.14. The van der Waals surface area contributed by atoms with Crippen LogP contribution in [-0.4, -0.2) is 31.2 Å². The Labute approximate surface area is 189 Å². The van der Waals surface area contributed by atoms with Crippen molar-refractivity contribution in [3.8, 4) is 5.75 Å². The van der Waals surface area contributed by atoms with Crippen molar-refractivity contribution in [1.29, 1.82) is 0 Å². The number of hydrogen-bond acceptors (Lipinski definition) is 5. The molecule has 2 aliphatic rings. The Morgan fingerprint density at radius 2 is 1.79 bits per heavy atom. The van der Waals surface area contributed by atoms with Crippen LogP contribution >= 0.6 is 0 Å². The molecule has 11 heteroatoms. The summed E-state index contributed by atoms with van der Waals surface area (Å²) in [6.07, 6.45) is 6.32. The maximum absolute atomic E-state index is 13.8. The first kappa shape index (κ1) is 22.2. The Balaban J connectivity index is 1.47. The highest BCUT2D eigenvalue weighted by atomic mass is 19.1. The molecule has 3 aromatic rings. The lowest BCUT2D eigenvalue weighted by atomic mass is 9.51. The third-order valence-electron chi connectivity index (χ3n) is 7.24. The molecule has 0 bridgehead atoms. The van der Waals surface area contributed by atoms with Gasteiger partial charge < -0.3 is 24.5 Å². The van der Waals surface area contributed by atoms with Gasteiger partial charge >= 0.3 is 0 Å². The smallest absolute Gasteiger partial charge is 0.279 e. The summed E-state index contributed by atoms with van der Waals surface area (Å²) in [5, 5.41) is 22.9. The first-order valence-electron chi connectivity index (χ1n) is 10.7. The van der Waals surface area contributed by atoms with Gasteiger partial charge in [0.1, 0.15) is 23.0 Å². The van der Waals surface area contributed by atoms with Gasteiger partial charge in [-0.15, -0.1) is 0 Å². The maximum Gasteiger partial charge on any atom is 0.279 e. The van der Waals surface area contributed by atoms with Crippen LogP contribution in [0.4, 0.5) is 13.2 Å². The molecule has 3 N–H and O–H groups in total. The van der Waals surface area contributed by atoms with Crippen LogP contribution in [0.3, 0.4) is 0 Å². The lowest BCUT2D eigenvalue weighted by Gasteiger charge is -2.59. The molecule has 1 aromatic carbocycles. The molecule has 3 atom stereocenters. The first-order chi connectivity index (χ1) is 16.1. The summed E-state index contributed by atoms with van der Waals surface area (Å²) in [6, 6.07) is 0.661. The summed E-state index contributed by atoms with van der Waals surface area (Å²) in [4.78, 5) is 38.3. The van der Waals surface area contributed by atoms with E-state index in [0.717, 1.165) is 23.4 Å². The van der Waals surface area contributed by atoms with Gasteiger partial charge in [0.2, 0.25) is 5.43 Å². The van der Waals surface area contributed by atoms with Crippen LogP contribution in [0, 0.1) is 22.9 Å². The van der Waals surface area contributed by atoms with E-state index in [4.69, 9.17) is 0 Å². The zero-order chi connectivity index (χ0) is 24.4. The average molecular weight is 475 g/mol. The van der Waals surface area contributed by atoms with Crippen LogP contribution in [0.2, 0.25) is 0 Å². The van der Waals surface area contributed by atoms with Crippen LogP contribution in [0.25, 0.3) is 5.52 Å². The standard InChI is InChI=1S/C23H20F3N3O5/c24-11-7-14(25)12(15(26)8-11)9-27-21(33)13-10-28-5-6-29(22(34)18(28)20(32)19(13)31)16-1-3-23(16)4-2-17(23)30/h5-8,10,16-17,30,32H,1-4,9H2,(H,27,33)/t16-,17-,23?/m1/s1. The van der Waals surface area contributed by atoms with Crippen LogP contribution in [-0.2, 0) is 6.54 Å². The van der Waals surface area contributed by atoms with E-state index in [2.05, 4.69) is 5.32 Å². The molecule has 0 saturated heterocycles. The number of fused-ring (bicyclic) bond motifs is 1. The number of carbonyl (C=O) groups excluding carboxylic acids is 1. The third-order valence-corrected chi connectivity index (χ3v) is 7.24. The Morgan fingerprint density at radius 1 is 1.12 bits per heavy atom. The molecule has 1 unspecified atom stereocenters. The summed E-state index contributed by atoms with van der Waals surface area (Å²) >= 11 is 0. The fourth-order valence-electron chi connectivity index (χ4n) is 5.08. The van der Waals surface area contributed by atoms with Crippen molar-refractivity contribution in [2.24, 2.45) is 5.41 Å². The van der Waals surface area contributed by atoms with Gasteiger partial charge in [-0.05, 0) is 25.7 Å². The lowest BCUT2D eigenvalue weighted by Crippen LogP contribution is -2.58. The highest BCUT2D eigenvalue weighted by molar-refractivity contribution is 5.94. The highest BCUT2D eigenvalue weighted by Crippen LogP contribution is 2.61. The molecule has 0 radical (unpaired) electrons.